The first-order chi connectivity index (χ1) is 11.6. The number of hydrogen-bond acceptors (Lipinski definition) is 5. The Balaban J connectivity index is 1.79. The van der Waals surface area contributed by atoms with Crippen molar-refractivity contribution in [2.45, 2.75) is 19.1 Å². The molecule has 1 aromatic carbocycles. The molecular weight excluding hydrogens is 464 g/mol. The predicted molar refractivity (Wildman–Crippen MR) is 102 cm³/mol. The topological polar surface area (TPSA) is 64.9 Å². The molecule has 1 unspecified atom stereocenters. The fraction of sp³-hybridized carbons (Fsp3) is 0.267. The van der Waals surface area contributed by atoms with Gasteiger partial charge in [-0.1, -0.05) is 29.3 Å². The molecule has 2 aromatic heterocycles. The molecule has 0 saturated carbocycles. The molecule has 1 N–H and O–H groups in total. The standard InChI is InChI=1S/C15H12Cl2IN5O/c16-8-3-1-4-9(11(8)17)20-13-12-14(22-15(18)21-13)23(7-19-12)10-5-2-6-24-10/h1,3-4,7,10H,2,5-6H2,(H,20,21,22). The molecule has 9 heteroatoms. The number of halogens is 3. The number of hydrogen-bond donors (Lipinski definition) is 1. The minimum Gasteiger partial charge on any atom is -0.358 e. The zero-order valence-corrected chi connectivity index (χ0v) is 16.0. The summed E-state index contributed by atoms with van der Waals surface area (Å²) in [7, 11) is 0. The molecule has 0 spiro atoms. The second-order valence-corrected chi connectivity index (χ2v) is 7.11. The molecule has 4 rings (SSSR count). The summed E-state index contributed by atoms with van der Waals surface area (Å²) in [5.41, 5.74) is 2.08. The molecule has 1 atom stereocenters. The Labute approximate surface area is 161 Å². The van der Waals surface area contributed by atoms with E-state index < -0.39 is 0 Å². The molecule has 0 aliphatic carbocycles. The Morgan fingerprint density at radius 3 is 2.96 bits per heavy atom. The van der Waals surface area contributed by atoms with Crippen molar-refractivity contribution in [1.82, 2.24) is 19.5 Å². The van der Waals surface area contributed by atoms with Gasteiger partial charge in [0.25, 0.3) is 0 Å². The van der Waals surface area contributed by atoms with Gasteiger partial charge in [-0.05, 0) is 25.0 Å². The number of aromatic nitrogens is 4. The van der Waals surface area contributed by atoms with Crippen LogP contribution in [0.1, 0.15) is 19.1 Å². The van der Waals surface area contributed by atoms with Crippen molar-refractivity contribution < 1.29 is 4.74 Å². The summed E-state index contributed by atoms with van der Waals surface area (Å²) in [4.78, 5) is 13.4. The van der Waals surface area contributed by atoms with Crippen molar-refractivity contribution in [3.63, 3.8) is 0 Å². The van der Waals surface area contributed by atoms with Crippen LogP contribution >= 0.6 is 45.8 Å². The first-order valence-electron chi connectivity index (χ1n) is 7.36. The molecule has 6 nitrogen and oxygen atoms in total. The molecule has 1 aliphatic heterocycles. The Hall–Kier alpha value is -1.16. The van der Waals surface area contributed by atoms with Crippen LogP contribution < -0.4 is 5.32 Å². The fourth-order valence-corrected chi connectivity index (χ4v) is 3.51. The maximum atomic E-state index is 6.26. The number of nitrogens with zero attached hydrogens (tertiary/aromatic N) is 4. The van der Waals surface area contributed by atoms with Gasteiger partial charge in [-0.2, -0.15) is 0 Å². The lowest BCUT2D eigenvalue weighted by Crippen LogP contribution is -2.08. The van der Waals surface area contributed by atoms with Crippen molar-refractivity contribution in [2.75, 3.05) is 11.9 Å². The highest BCUT2D eigenvalue weighted by atomic mass is 127. The number of imidazole rings is 1. The molecule has 0 bridgehead atoms. The molecule has 1 aliphatic rings. The number of benzene rings is 1. The summed E-state index contributed by atoms with van der Waals surface area (Å²) in [6.45, 7) is 0.760. The van der Waals surface area contributed by atoms with Crippen LogP contribution in [0.3, 0.4) is 0 Å². The average molecular weight is 476 g/mol. The molecule has 1 fully saturated rings. The first kappa shape index (κ1) is 16.3. The van der Waals surface area contributed by atoms with E-state index in [0.29, 0.717) is 30.9 Å². The van der Waals surface area contributed by atoms with E-state index in [4.69, 9.17) is 27.9 Å². The van der Waals surface area contributed by atoms with Crippen LogP contribution in [0.25, 0.3) is 11.2 Å². The van der Waals surface area contributed by atoms with Gasteiger partial charge in [-0.15, -0.1) is 0 Å². The highest BCUT2D eigenvalue weighted by molar-refractivity contribution is 14.1. The van der Waals surface area contributed by atoms with Gasteiger partial charge < -0.3 is 10.1 Å². The third kappa shape index (κ3) is 2.94. The Kier molecular flexibility index (Phi) is 4.50. The maximum absolute atomic E-state index is 6.26. The van der Waals surface area contributed by atoms with Crippen molar-refractivity contribution in [3.05, 3.63) is 38.4 Å². The third-order valence-corrected chi connectivity index (χ3v) is 5.12. The van der Waals surface area contributed by atoms with Gasteiger partial charge >= 0.3 is 0 Å². The molecular formula is C15H12Cl2IN5O. The molecule has 0 radical (unpaired) electrons. The molecule has 0 amide bonds. The van der Waals surface area contributed by atoms with Crippen LogP contribution in [0.4, 0.5) is 11.5 Å². The lowest BCUT2D eigenvalue weighted by molar-refractivity contribution is 0.0592. The highest BCUT2D eigenvalue weighted by Gasteiger charge is 2.22. The van der Waals surface area contributed by atoms with E-state index in [1.807, 2.05) is 16.7 Å². The normalized spacial score (nSPS) is 17.5. The van der Waals surface area contributed by atoms with E-state index in [-0.39, 0.29) is 6.23 Å². The van der Waals surface area contributed by atoms with Crippen LogP contribution in [0.5, 0.6) is 0 Å². The second kappa shape index (κ2) is 6.62. The highest BCUT2D eigenvalue weighted by Crippen LogP contribution is 2.34. The summed E-state index contributed by atoms with van der Waals surface area (Å²) in [5.74, 6) is 0.588. The summed E-state index contributed by atoms with van der Waals surface area (Å²) >= 11 is 14.4. The summed E-state index contributed by atoms with van der Waals surface area (Å²) < 4.78 is 8.31. The van der Waals surface area contributed by atoms with E-state index in [0.717, 1.165) is 25.1 Å². The van der Waals surface area contributed by atoms with E-state index in [1.54, 1.807) is 12.4 Å². The maximum Gasteiger partial charge on any atom is 0.194 e. The summed E-state index contributed by atoms with van der Waals surface area (Å²) in [5, 5.41) is 4.13. The lowest BCUT2D eigenvalue weighted by Gasteiger charge is -2.12. The van der Waals surface area contributed by atoms with Gasteiger partial charge in [0.15, 0.2) is 20.8 Å². The van der Waals surface area contributed by atoms with Gasteiger partial charge in [0.05, 0.1) is 22.1 Å². The number of rotatable bonds is 3. The van der Waals surface area contributed by atoms with Crippen LogP contribution in [-0.2, 0) is 4.74 Å². The molecule has 3 aromatic rings. The first-order valence-corrected chi connectivity index (χ1v) is 9.19. The van der Waals surface area contributed by atoms with Crippen LogP contribution in [0, 0.1) is 3.83 Å². The SMILES string of the molecule is Clc1cccc(Nc2nc(I)nc3c2ncn3C2CCCO2)c1Cl. The third-order valence-electron chi connectivity index (χ3n) is 3.81. The van der Waals surface area contributed by atoms with Crippen molar-refractivity contribution in [3.8, 4) is 0 Å². The van der Waals surface area contributed by atoms with Gasteiger partial charge in [0.2, 0.25) is 0 Å². The Morgan fingerprint density at radius 2 is 2.17 bits per heavy atom. The Morgan fingerprint density at radius 1 is 1.29 bits per heavy atom. The predicted octanol–water partition coefficient (Wildman–Crippen LogP) is 4.79. The molecule has 124 valence electrons. The zero-order chi connectivity index (χ0) is 16.7. The molecule has 24 heavy (non-hydrogen) atoms. The van der Waals surface area contributed by atoms with Crippen LogP contribution in [0.15, 0.2) is 24.5 Å². The van der Waals surface area contributed by atoms with E-state index in [2.05, 4.69) is 42.9 Å². The number of anilines is 2. The largest absolute Gasteiger partial charge is 0.358 e. The van der Waals surface area contributed by atoms with E-state index in [9.17, 15) is 0 Å². The molecule has 3 heterocycles. The van der Waals surface area contributed by atoms with Crippen LogP contribution in [0.2, 0.25) is 10.0 Å². The van der Waals surface area contributed by atoms with Crippen molar-refractivity contribution >= 4 is 68.5 Å². The minimum absolute atomic E-state index is 0.0247. The fourth-order valence-electron chi connectivity index (χ4n) is 2.70. The summed E-state index contributed by atoms with van der Waals surface area (Å²) in [6, 6.07) is 5.40. The van der Waals surface area contributed by atoms with Gasteiger partial charge in [0, 0.05) is 29.2 Å². The van der Waals surface area contributed by atoms with Gasteiger partial charge in [0.1, 0.15) is 6.23 Å². The minimum atomic E-state index is -0.0247. The van der Waals surface area contributed by atoms with Crippen molar-refractivity contribution in [1.29, 1.82) is 0 Å². The molecule has 1 saturated heterocycles. The monoisotopic (exact) mass is 475 g/mol. The number of ether oxygens (including phenoxy) is 1. The van der Waals surface area contributed by atoms with Crippen molar-refractivity contribution in [2.24, 2.45) is 0 Å². The lowest BCUT2D eigenvalue weighted by atomic mass is 10.3. The van der Waals surface area contributed by atoms with E-state index >= 15 is 0 Å². The van der Waals surface area contributed by atoms with Gasteiger partial charge in [-0.3, -0.25) is 4.57 Å². The second-order valence-electron chi connectivity index (χ2n) is 5.36. The number of fused-ring (bicyclic) bond motifs is 1. The smallest absolute Gasteiger partial charge is 0.194 e. The van der Waals surface area contributed by atoms with E-state index in [1.165, 1.54) is 0 Å². The average Bonchev–Trinajstić information content (AvgIpc) is 3.20. The zero-order valence-electron chi connectivity index (χ0n) is 12.3. The Bertz CT molecular complexity index is 910. The quantitative estimate of drug-likeness (QED) is 0.435. The number of nitrogens with one attached hydrogen (secondary N) is 1. The van der Waals surface area contributed by atoms with Gasteiger partial charge in [-0.25, -0.2) is 15.0 Å². The van der Waals surface area contributed by atoms with Crippen LogP contribution in [-0.4, -0.2) is 26.1 Å². The summed E-state index contributed by atoms with van der Waals surface area (Å²) in [6.07, 6.45) is 3.71.